The Morgan fingerprint density at radius 1 is 0.722 bits per heavy atom. The van der Waals surface area contributed by atoms with Gasteiger partial charge >= 0.3 is 0 Å². The second kappa shape index (κ2) is 16.0. The van der Waals surface area contributed by atoms with E-state index in [1.807, 2.05) is 23.6 Å². The van der Waals surface area contributed by atoms with Crippen molar-refractivity contribution < 1.29 is 38.9 Å². The second-order valence-electron chi connectivity index (χ2n) is 15.4. The summed E-state index contributed by atoms with van der Waals surface area (Å²) in [6.45, 7) is 19.8. The number of fused-ring (bicyclic) bond motifs is 6. The maximum absolute atomic E-state index is 12.0. The van der Waals surface area contributed by atoms with Crippen LogP contribution in [0, 0.1) is 24.7 Å². The maximum Gasteiger partial charge on any atom is 0.300 e. The molecule has 0 spiro atoms. The molecule has 2 saturated heterocycles. The zero-order chi connectivity index (χ0) is 39.5. The van der Waals surface area contributed by atoms with Gasteiger partial charge in [0.1, 0.15) is 36.8 Å². The van der Waals surface area contributed by atoms with Gasteiger partial charge in [-0.15, -0.1) is 0 Å². The number of anilines is 2. The normalized spacial score (nSPS) is 21.9. The molecule has 2 aromatic rings. The van der Waals surface area contributed by atoms with Crippen molar-refractivity contribution in [1.82, 2.24) is 21.5 Å². The molecule has 2 atom stereocenters. The van der Waals surface area contributed by atoms with E-state index in [0.29, 0.717) is 24.0 Å². The first kappa shape index (κ1) is 40.0. The van der Waals surface area contributed by atoms with Crippen LogP contribution in [0.3, 0.4) is 0 Å². The number of benzene rings is 2. The number of carboxylic acids is 2. The van der Waals surface area contributed by atoms with Crippen LogP contribution in [-0.2, 0) is 32.0 Å². The highest BCUT2D eigenvalue weighted by atomic mass is 16.5. The van der Waals surface area contributed by atoms with Crippen molar-refractivity contribution in [2.75, 3.05) is 49.2 Å². The molecule has 292 valence electrons. The first-order valence-corrected chi connectivity index (χ1v) is 18.0. The fraction of sp³-hybridized carbons (Fsp3) is 0.526. The van der Waals surface area contributed by atoms with E-state index >= 15 is 0 Å². The summed E-state index contributed by atoms with van der Waals surface area (Å²) in [7, 11) is 0. The minimum absolute atomic E-state index is 0.0844. The molecule has 2 fully saturated rings. The average molecular weight is 749 g/mol. The van der Waals surface area contributed by atoms with Gasteiger partial charge in [-0.2, -0.15) is 10.2 Å². The van der Waals surface area contributed by atoms with Crippen molar-refractivity contribution in [2.24, 2.45) is 21.0 Å². The lowest BCUT2D eigenvalue weighted by atomic mass is 9.77. The predicted molar refractivity (Wildman–Crippen MR) is 204 cm³/mol. The number of hydrogen-bond acceptors (Lipinski definition) is 12. The molecule has 2 amide bonds. The van der Waals surface area contributed by atoms with E-state index in [1.54, 1.807) is 0 Å². The molecule has 0 unspecified atom stereocenters. The Balaban J connectivity index is 0.000000174. The number of carboxylic acid groups (broad SMARTS) is 2. The lowest BCUT2D eigenvalue weighted by Gasteiger charge is -2.41. The number of amidine groups is 2. The van der Waals surface area contributed by atoms with E-state index in [-0.39, 0.29) is 23.9 Å². The molecule has 16 heteroatoms. The van der Waals surface area contributed by atoms with E-state index in [0.717, 1.165) is 87.4 Å². The Hall–Kier alpha value is -5.22. The predicted octanol–water partition coefficient (Wildman–Crippen LogP) is 2.54. The molecule has 16 nitrogen and oxygen atoms in total. The van der Waals surface area contributed by atoms with Gasteiger partial charge in [-0.1, -0.05) is 13.8 Å². The standard InChI is InChI=1S/2C17H22N4O2.2C2H4O2/c2*1-10-4-14-13(5-12(10)6-17(3)8-18-9-17)21-11(2)16(22)20-19-15(21)7-23-14;2*1-2(3)4/h2*4-5,11,18H,6-9H2,1-3H3,(H,20,22);2*1H3,(H,3,4)/t2*11-;;/m10../s1. The monoisotopic (exact) mass is 748 g/mol. The van der Waals surface area contributed by atoms with Crippen LogP contribution in [0.1, 0.15) is 63.8 Å². The number of nitrogens with one attached hydrogen (secondary N) is 4. The van der Waals surface area contributed by atoms with Crippen molar-refractivity contribution in [3.63, 3.8) is 0 Å². The lowest BCUT2D eigenvalue weighted by molar-refractivity contribution is -0.135. The third-order valence-electron chi connectivity index (χ3n) is 10.2. The Morgan fingerprint density at radius 3 is 1.35 bits per heavy atom. The summed E-state index contributed by atoms with van der Waals surface area (Å²) in [5.41, 5.74) is 12.8. The summed E-state index contributed by atoms with van der Waals surface area (Å²) < 4.78 is 11.7. The fourth-order valence-corrected chi connectivity index (χ4v) is 7.09. The van der Waals surface area contributed by atoms with Crippen LogP contribution in [-0.4, -0.2) is 97.1 Å². The Kier molecular flexibility index (Phi) is 11.9. The number of aliphatic carboxylic acids is 2. The summed E-state index contributed by atoms with van der Waals surface area (Å²) in [6.07, 6.45) is 2.06. The van der Waals surface area contributed by atoms with Crippen LogP contribution in [0.15, 0.2) is 34.5 Å². The molecule has 6 N–H and O–H groups in total. The molecule has 0 aromatic heterocycles. The van der Waals surface area contributed by atoms with E-state index < -0.39 is 11.9 Å². The third kappa shape index (κ3) is 8.93. The smallest absolute Gasteiger partial charge is 0.300 e. The summed E-state index contributed by atoms with van der Waals surface area (Å²) in [5, 5.41) is 29.8. The van der Waals surface area contributed by atoms with Gasteiger partial charge < -0.3 is 40.1 Å². The van der Waals surface area contributed by atoms with E-state index in [1.165, 1.54) is 22.3 Å². The average Bonchev–Trinajstić information content (AvgIpc) is 3.07. The molecule has 8 rings (SSSR count). The van der Waals surface area contributed by atoms with Gasteiger partial charge in [-0.05, 0) is 97.9 Å². The highest BCUT2D eigenvalue weighted by Gasteiger charge is 2.39. The summed E-state index contributed by atoms with van der Waals surface area (Å²) in [6, 6.07) is 7.99. The number of rotatable bonds is 4. The molecule has 0 aliphatic carbocycles. The number of aryl methyl sites for hydroxylation is 2. The molecule has 2 aromatic carbocycles. The number of hydrazone groups is 2. The highest BCUT2D eigenvalue weighted by molar-refractivity contribution is 6.10. The topological polar surface area (TPSA) is 207 Å². The van der Waals surface area contributed by atoms with Crippen LogP contribution in [0.4, 0.5) is 11.4 Å². The van der Waals surface area contributed by atoms with E-state index in [2.05, 4.69) is 83.6 Å². The minimum Gasteiger partial charge on any atom is -0.483 e. The van der Waals surface area contributed by atoms with Gasteiger partial charge in [0.25, 0.3) is 23.8 Å². The zero-order valence-electron chi connectivity index (χ0n) is 32.3. The molecule has 0 radical (unpaired) electrons. The third-order valence-corrected chi connectivity index (χ3v) is 10.2. The Bertz CT molecular complexity index is 1730. The number of carbonyl (C=O) groups is 4. The molecule has 0 saturated carbocycles. The van der Waals surface area contributed by atoms with Crippen molar-refractivity contribution in [1.29, 1.82) is 0 Å². The molecular weight excluding hydrogens is 696 g/mol. The first-order valence-electron chi connectivity index (χ1n) is 18.0. The second-order valence-corrected chi connectivity index (χ2v) is 15.4. The molecular formula is C38H52N8O8. The van der Waals surface area contributed by atoms with Gasteiger partial charge in [0.15, 0.2) is 11.7 Å². The fourth-order valence-electron chi connectivity index (χ4n) is 7.09. The van der Waals surface area contributed by atoms with Crippen molar-refractivity contribution in [2.45, 2.75) is 80.3 Å². The Labute approximate surface area is 315 Å². The van der Waals surface area contributed by atoms with Gasteiger partial charge in [0, 0.05) is 40.0 Å². The number of carbonyl (C=O) groups excluding carboxylic acids is 2. The maximum atomic E-state index is 12.0. The van der Waals surface area contributed by atoms with Gasteiger partial charge in [-0.25, -0.2) is 10.9 Å². The van der Waals surface area contributed by atoms with Crippen LogP contribution >= 0.6 is 0 Å². The van der Waals surface area contributed by atoms with Gasteiger partial charge in [0.2, 0.25) is 0 Å². The number of amides is 2. The van der Waals surface area contributed by atoms with Crippen LogP contribution in [0.2, 0.25) is 0 Å². The van der Waals surface area contributed by atoms with Crippen LogP contribution in [0.25, 0.3) is 0 Å². The number of nitrogens with zero attached hydrogens (tertiary/aromatic N) is 4. The van der Waals surface area contributed by atoms with E-state index in [4.69, 9.17) is 29.3 Å². The van der Waals surface area contributed by atoms with Gasteiger partial charge in [0.05, 0.1) is 11.4 Å². The number of ether oxygens (including phenoxy) is 2. The summed E-state index contributed by atoms with van der Waals surface area (Å²) in [5.74, 6) is 1.36. The van der Waals surface area contributed by atoms with Crippen molar-refractivity contribution in [3.05, 3.63) is 46.5 Å². The molecule has 6 aliphatic rings. The summed E-state index contributed by atoms with van der Waals surface area (Å²) >= 11 is 0. The molecule has 6 aliphatic heterocycles. The van der Waals surface area contributed by atoms with Crippen molar-refractivity contribution >= 4 is 46.8 Å². The Morgan fingerprint density at radius 2 is 1.06 bits per heavy atom. The molecule has 54 heavy (non-hydrogen) atoms. The largest absolute Gasteiger partial charge is 0.483 e. The van der Waals surface area contributed by atoms with Crippen LogP contribution < -0.4 is 40.8 Å². The zero-order valence-corrected chi connectivity index (χ0v) is 32.3. The summed E-state index contributed by atoms with van der Waals surface area (Å²) in [4.78, 5) is 46.0. The lowest BCUT2D eigenvalue weighted by Crippen LogP contribution is -2.55. The molecule has 0 bridgehead atoms. The van der Waals surface area contributed by atoms with Crippen LogP contribution in [0.5, 0.6) is 11.5 Å². The van der Waals surface area contributed by atoms with Gasteiger partial charge in [-0.3, -0.25) is 19.2 Å². The van der Waals surface area contributed by atoms with Crippen molar-refractivity contribution in [3.8, 4) is 11.5 Å². The first-order chi connectivity index (χ1) is 25.4. The van der Waals surface area contributed by atoms with E-state index in [9.17, 15) is 9.59 Å². The number of hydrogen-bond donors (Lipinski definition) is 6. The SMILES string of the molecule is CC(=O)O.CC(=O)O.Cc1cc2c(cc1CC1(C)CNC1)N1C(=NNC(=O)[C@@H]1C)CO2.Cc1cc2c(cc1CC1(C)CNC1)N1C(=NNC(=O)[C@H]1C)CO2. The quantitative estimate of drug-likeness (QED) is 0.267. The molecule has 6 heterocycles. The highest BCUT2D eigenvalue weighted by Crippen LogP contribution is 2.41. The minimum atomic E-state index is -0.833.